The predicted molar refractivity (Wildman–Crippen MR) is 97.3 cm³/mol. The fourth-order valence-electron chi connectivity index (χ4n) is 3.16. The SMILES string of the molecule is CN1C(=O)C(=O)C(C(=O)NCc2ccc(F)cc2)N=C1C1(C)CCCS1. The topological polar surface area (TPSA) is 78.8 Å². The molecule has 2 heterocycles. The van der Waals surface area contributed by atoms with Crippen LogP contribution in [0.25, 0.3) is 0 Å². The maximum atomic E-state index is 12.9. The number of nitrogens with one attached hydrogen (secondary N) is 1. The highest BCUT2D eigenvalue weighted by Crippen LogP contribution is 2.40. The fraction of sp³-hybridized carbons (Fsp3) is 0.444. The van der Waals surface area contributed by atoms with Gasteiger partial charge in [0.1, 0.15) is 11.7 Å². The molecule has 0 saturated carbocycles. The van der Waals surface area contributed by atoms with E-state index >= 15 is 0 Å². The van der Waals surface area contributed by atoms with Crippen LogP contribution in [0.4, 0.5) is 4.39 Å². The van der Waals surface area contributed by atoms with Gasteiger partial charge in [-0.05, 0) is 43.2 Å². The summed E-state index contributed by atoms with van der Waals surface area (Å²) in [6, 6.07) is 4.30. The van der Waals surface area contributed by atoms with E-state index in [4.69, 9.17) is 0 Å². The molecule has 2 aliphatic heterocycles. The van der Waals surface area contributed by atoms with Crippen LogP contribution in [0.2, 0.25) is 0 Å². The van der Waals surface area contributed by atoms with Gasteiger partial charge in [-0.1, -0.05) is 12.1 Å². The van der Waals surface area contributed by atoms with Gasteiger partial charge in [-0.25, -0.2) is 9.38 Å². The molecule has 0 bridgehead atoms. The molecule has 1 saturated heterocycles. The number of benzene rings is 1. The van der Waals surface area contributed by atoms with Gasteiger partial charge in [0.25, 0.3) is 17.6 Å². The van der Waals surface area contributed by atoms with Gasteiger partial charge in [0, 0.05) is 13.6 Å². The van der Waals surface area contributed by atoms with Crippen molar-refractivity contribution >= 4 is 35.2 Å². The van der Waals surface area contributed by atoms with Crippen LogP contribution < -0.4 is 5.32 Å². The number of ketones is 1. The van der Waals surface area contributed by atoms with Crippen LogP contribution in [-0.4, -0.2) is 51.9 Å². The molecule has 1 aromatic rings. The van der Waals surface area contributed by atoms with Gasteiger partial charge in [-0.3, -0.25) is 19.3 Å². The number of halogens is 1. The molecule has 2 atom stereocenters. The van der Waals surface area contributed by atoms with Gasteiger partial charge in [0.2, 0.25) is 0 Å². The lowest BCUT2D eigenvalue weighted by atomic mass is 9.99. The van der Waals surface area contributed by atoms with Gasteiger partial charge in [0.05, 0.1) is 4.75 Å². The zero-order valence-corrected chi connectivity index (χ0v) is 15.4. The van der Waals surface area contributed by atoms with Crippen molar-refractivity contribution in [1.29, 1.82) is 0 Å². The molecule has 138 valence electrons. The third kappa shape index (κ3) is 3.51. The van der Waals surface area contributed by atoms with Crippen molar-refractivity contribution < 1.29 is 18.8 Å². The first-order valence-corrected chi connectivity index (χ1v) is 9.37. The van der Waals surface area contributed by atoms with Crippen molar-refractivity contribution in [2.24, 2.45) is 4.99 Å². The number of carbonyl (C=O) groups is 3. The highest BCUT2D eigenvalue weighted by atomic mass is 32.2. The van der Waals surface area contributed by atoms with E-state index in [1.54, 1.807) is 23.9 Å². The average Bonchev–Trinajstić information content (AvgIpc) is 3.06. The predicted octanol–water partition coefficient (Wildman–Crippen LogP) is 1.54. The minimum Gasteiger partial charge on any atom is -0.350 e. The van der Waals surface area contributed by atoms with Crippen LogP contribution in [0, 0.1) is 5.82 Å². The van der Waals surface area contributed by atoms with E-state index in [1.165, 1.54) is 24.1 Å². The second-order valence-electron chi connectivity index (χ2n) is 6.61. The lowest BCUT2D eigenvalue weighted by Crippen LogP contribution is -2.56. The molecular formula is C18H20FN3O3S. The van der Waals surface area contributed by atoms with Crippen molar-refractivity contribution in [2.75, 3.05) is 12.8 Å². The summed E-state index contributed by atoms with van der Waals surface area (Å²) in [6.45, 7) is 2.11. The monoisotopic (exact) mass is 377 g/mol. The van der Waals surface area contributed by atoms with E-state index in [0.717, 1.165) is 18.6 Å². The molecule has 0 spiro atoms. The Bertz CT molecular complexity index is 772. The Balaban J connectivity index is 1.78. The Morgan fingerprint density at radius 3 is 2.69 bits per heavy atom. The lowest BCUT2D eigenvalue weighted by Gasteiger charge is -2.35. The summed E-state index contributed by atoms with van der Waals surface area (Å²) >= 11 is 1.68. The van der Waals surface area contributed by atoms with Crippen LogP contribution in [-0.2, 0) is 20.9 Å². The first-order chi connectivity index (χ1) is 12.3. The first-order valence-electron chi connectivity index (χ1n) is 8.38. The molecule has 3 rings (SSSR count). The number of nitrogens with zero attached hydrogens (tertiary/aromatic N) is 2. The van der Waals surface area contributed by atoms with Crippen molar-refractivity contribution in [3.63, 3.8) is 0 Å². The Morgan fingerprint density at radius 1 is 1.38 bits per heavy atom. The van der Waals surface area contributed by atoms with Crippen LogP contribution in [0.1, 0.15) is 25.3 Å². The Hall–Kier alpha value is -2.22. The highest BCUT2D eigenvalue weighted by molar-refractivity contribution is 8.01. The maximum absolute atomic E-state index is 12.9. The number of thioether (sulfide) groups is 1. The third-order valence-corrected chi connectivity index (χ3v) is 6.17. The number of amidine groups is 1. The van der Waals surface area contributed by atoms with Crippen LogP contribution >= 0.6 is 11.8 Å². The van der Waals surface area contributed by atoms with Crippen molar-refractivity contribution in [3.8, 4) is 0 Å². The Labute approximate surface area is 155 Å². The second kappa shape index (κ2) is 7.19. The minimum atomic E-state index is -1.37. The molecule has 2 unspecified atom stereocenters. The number of aliphatic imine (C=N–C) groups is 1. The summed E-state index contributed by atoms with van der Waals surface area (Å²) in [5.74, 6) is -1.11. The third-order valence-electron chi connectivity index (χ3n) is 4.65. The van der Waals surface area contributed by atoms with Gasteiger partial charge < -0.3 is 5.32 Å². The smallest absolute Gasteiger partial charge is 0.297 e. The number of rotatable bonds is 4. The number of hydrogen-bond donors (Lipinski definition) is 1. The molecule has 8 heteroatoms. The van der Waals surface area contributed by atoms with E-state index in [9.17, 15) is 18.8 Å². The van der Waals surface area contributed by atoms with Crippen LogP contribution in [0.5, 0.6) is 0 Å². The number of hydrogen-bond acceptors (Lipinski definition) is 5. The number of amides is 2. The van der Waals surface area contributed by atoms with Gasteiger partial charge in [-0.2, -0.15) is 0 Å². The van der Waals surface area contributed by atoms with Crippen molar-refractivity contribution in [1.82, 2.24) is 10.2 Å². The number of carbonyl (C=O) groups excluding carboxylic acids is 3. The van der Waals surface area contributed by atoms with E-state index in [1.807, 2.05) is 6.92 Å². The molecule has 0 aromatic heterocycles. The second-order valence-corrected chi connectivity index (χ2v) is 8.21. The number of Topliss-reactive ketones (excluding diaryl/α,β-unsaturated/α-hetero) is 1. The Morgan fingerprint density at radius 2 is 2.08 bits per heavy atom. The molecule has 1 aromatic carbocycles. The van der Waals surface area contributed by atoms with Gasteiger partial charge in [0.15, 0.2) is 6.04 Å². The molecule has 0 aliphatic carbocycles. The summed E-state index contributed by atoms with van der Waals surface area (Å²) in [7, 11) is 1.52. The van der Waals surface area contributed by atoms with E-state index in [2.05, 4.69) is 10.3 Å². The van der Waals surface area contributed by atoms with Crippen molar-refractivity contribution in [3.05, 3.63) is 35.6 Å². The molecule has 0 radical (unpaired) electrons. The van der Waals surface area contributed by atoms with Gasteiger partial charge in [-0.15, -0.1) is 11.8 Å². The highest BCUT2D eigenvalue weighted by Gasteiger charge is 2.46. The molecule has 2 amide bonds. The van der Waals surface area contributed by atoms with E-state index in [-0.39, 0.29) is 17.1 Å². The molecule has 2 aliphatic rings. The molecule has 26 heavy (non-hydrogen) atoms. The largest absolute Gasteiger partial charge is 0.350 e. The first kappa shape index (κ1) is 18.6. The van der Waals surface area contributed by atoms with Crippen LogP contribution in [0.3, 0.4) is 0 Å². The standard InChI is InChI=1S/C18H20FN3O3S/c1-18(8-3-9-26-18)17-21-13(14(23)16(25)22(17)2)15(24)20-10-11-4-6-12(19)7-5-11/h4-7,13H,3,8-10H2,1-2H3,(H,20,24). The van der Waals surface area contributed by atoms with E-state index in [0.29, 0.717) is 11.4 Å². The summed E-state index contributed by atoms with van der Waals surface area (Å²) < 4.78 is 12.6. The normalized spacial score (nSPS) is 26.0. The fourth-order valence-corrected chi connectivity index (χ4v) is 4.51. The zero-order chi connectivity index (χ0) is 18.9. The summed E-state index contributed by atoms with van der Waals surface area (Å²) in [6.07, 6.45) is 1.84. The maximum Gasteiger partial charge on any atom is 0.297 e. The number of likely N-dealkylation sites (N-methyl/N-ethyl adjacent to an activating group) is 1. The summed E-state index contributed by atoms with van der Waals surface area (Å²) in [4.78, 5) is 42.7. The molecule has 6 nitrogen and oxygen atoms in total. The lowest BCUT2D eigenvalue weighted by molar-refractivity contribution is -0.145. The van der Waals surface area contributed by atoms with E-state index < -0.39 is 23.6 Å². The summed E-state index contributed by atoms with van der Waals surface area (Å²) in [5.41, 5.74) is 0.689. The minimum absolute atomic E-state index is 0.129. The molecule has 1 fully saturated rings. The average molecular weight is 377 g/mol. The zero-order valence-electron chi connectivity index (χ0n) is 14.6. The molecule has 1 N–H and O–H groups in total. The van der Waals surface area contributed by atoms with Crippen molar-refractivity contribution in [2.45, 2.75) is 37.1 Å². The Kier molecular flexibility index (Phi) is 5.13. The quantitative estimate of drug-likeness (QED) is 0.638. The molecular weight excluding hydrogens is 357 g/mol. The summed E-state index contributed by atoms with van der Waals surface area (Å²) in [5, 5.41) is 2.61. The van der Waals surface area contributed by atoms with Crippen LogP contribution in [0.15, 0.2) is 29.3 Å². The van der Waals surface area contributed by atoms with Gasteiger partial charge >= 0.3 is 0 Å².